The van der Waals surface area contributed by atoms with Crippen molar-refractivity contribution in [3.05, 3.63) is 0 Å². The molecule has 0 aromatic carbocycles. The van der Waals surface area contributed by atoms with Gasteiger partial charge in [0.1, 0.15) is 24.4 Å². The van der Waals surface area contributed by atoms with Gasteiger partial charge in [-0.3, -0.25) is 19.2 Å². The quantitative estimate of drug-likeness (QED) is 0.340. The summed E-state index contributed by atoms with van der Waals surface area (Å²) in [5.41, 5.74) is 0. The van der Waals surface area contributed by atoms with Crippen molar-refractivity contribution in [2.75, 3.05) is 0 Å². The van der Waals surface area contributed by atoms with Gasteiger partial charge in [-0.2, -0.15) is 0 Å². The monoisotopic (exact) mass is 428 g/mol. The molecule has 0 aliphatic carbocycles. The van der Waals surface area contributed by atoms with Crippen molar-refractivity contribution in [3.8, 4) is 0 Å². The molecule has 0 saturated carbocycles. The van der Waals surface area contributed by atoms with Crippen LogP contribution in [0.15, 0.2) is 0 Å². The number of carboxylic acids is 2. The predicted molar refractivity (Wildman–Crippen MR) is 99.0 cm³/mol. The third kappa shape index (κ3) is 78.4. The summed E-state index contributed by atoms with van der Waals surface area (Å²) < 4.78 is 0. The topological polar surface area (TPSA) is 149 Å². The van der Waals surface area contributed by atoms with Crippen molar-refractivity contribution < 1.29 is 61.3 Å². The van der Waals surface area contributed by atoms with E-state index in [1.165, 1.54) is 0 Å². The fraction of sp³-hybridized carbons (Fsp3) is 0.778. The average molecular weight is 428 g/mol. The molecular formula is C18H36O8Ti. The van der Waals surface area contributed by atoms with Crippen molar-refractivity contribution >= 4 is 23.5 Å². The minimum absolute atomic E-state index is 0. The van der Waals surface area contributed by atoms with Crippen LogP contribution in [-0.4, -0.2) is 56.1 Å². The van der Waals surface area contributed by atoms with Crippen molar-refractivity contribution in [1.29, 1.82) is 0 Å². The molecule has 0 heterocycles. The van der Waals surface area contributed by atoms with Gasteiger partial charge in [0.15, 0.2) is 0 Å². The third-order valence-electron chi connectivity index (χ3n) is 1.75. The summed E-state index contributed by atoms with van der Waals surface area (Å²) in [5, 5.41) is 32.3. The van der Waals surface area contributed by atoms with Gasteiger partial charge in [-0.1, -0.05) is 13.8 Å². The Bertz CT molecular complexity index is 340. The zero-order valence-corrected chi connectivity index (χ0v) is 18.9. The number of Topliss-reactive ketones (excluding diaryl/α,β-unsaturated/α-hetero) is 2. The van der Waals surface area contributed by atoms with E-state index < -0.39 is 11.9 Å². The Hall–Kier alpha value is -1.09. The van der Waals surface area contributed by atoms with Gasteiger partial charge < -0.3 is 20.4 Å². The maximum Gasteiger partial charge on any atom is 0.310 e. The van der Waals surface area contributed by atoms with Crippen LogP contribution in [0, 0.1) is 0 Å². The molecule has 0 rings (SSSR count). The van der Waals surface area contributed by atoms with E-state index in [0.29, 0.717) is 12.8 Å². The van der Waals surface area contributed by atoms with Gasteiger partial charge in [0.2, 0.25) is 0 Å². The number of hydrogen-bond donors (Lipinski definition) is 4. The molecule has 0 aliphatic rings. The van der Waals surface area contributed by atoms with Crippen LogP contribution in [0.2, 0.25) is 0 Å². The summed E-state index contributed by atoms with van der Waals surface area (Å²) in [7, 11) is 0. The largest absolute Gasteiger partial charge is 0.481 e. The molecule has 4 N–H and O–H groups in total. The van der Waals surface area contributed by atoms with E-state index in [9.17, 15) is 19.2 Å². The average Bonchev–Trinajstić information content (AvgIpc) is 2.36. The normalized spacial score (nSPS) is 8.67. The van der Waals surface area contributed by atoms with Crippen molar-refractivity contribution in [2.45, 2.75) is 92.3 Å². The second kappa shape index (κ2) is 27.1. The summed E-state index contributed by atoms with van der Waals surface area (Å²) >= 11 is 0. The first-order valence-electron chi connectivity index (χ1n) is 8.63. The summed E-state index contributed by atoms with van der Waals surface area (Å²) in [6.45, 7) is 10.6. The Labute approximate surface area is 177 Å². The van der Waals surface area contributed by atoms with Crippen LogP contribution in [0.4, 0.5) is 0 Å². The summed E-state index contributed by atoms with van der Waals surface area (Å²) in [6.07, 6.45) is 1.23. The van der Waals surface area contributed by atoms with E-state index in [2.05, 4.69) is 0 Å². The summed E-state index contributed by atoms with van der Waals surface area (Å²) in [6, 6.07) is 0. The standard InChI is InChI=1S/2C6H10O3.2C3H8O.Ti/c2*1-2-3-5(7)4-6(8)9;2*1-3(2)4;/h2*2-4H2,1H3,(H,8,9);2*3-4H,1-2H3;. The Morgan fingerprint density at radius 3 is 0.963 bits per heavy atom. The van der Waals surface area contributed by atoms with Gasteiger partial charge in [0.05, 0.1) is 0 Å². The number of aliphatic hydroxyl groups is 2. The zero-order valence-electron chi connectivity index (χ0n) is 17.3. The summed E-state index contributed by atoms with van der Waals surface area (Å²) in [4.78, 5) is 40.7. The molecule has 0 atom stereocenters. The number of ketones is 2. The van der Waals surface area contributed by atoms with E-state index in [1.54, 1.807) is 27.7 Å². The Kier molecular flexibility index (Phi) is 37.0. The van der Waals surface area contributed by atoms with Gasteiger partial charge in [-0.05, 0) is 40.5 Å². The number of carbonyl (C=O) groups excluding carboxylic acids is 2. The molecule has 0 aromatic rings. The molecule has 0 aromatic heterocycles. The zero-order chi connectivity index (χ0) is 21.7. The van der Waals surface area contributed by atoms with Crippen LogP contribution >= 0.6 is 0 Å². The van der Waals surface area contributed by atoms with Crippen LogP contribution in [0.3, 0.4) is 0 Å². The Balaban J connectivity index is -0.0000000843. The Morgan fingerprint density at radius 2 is 0.852 bits per heavy atom. The Morgan fingerprint density at radius 1 is 0.667 bits per heavy atom. The van der Waals surface area contributed by atoms with Crippen LogP contribution < -0.4 is 0 Å². The maximum atomic E-state index is 10.5. The van der Waals surface area contributed by atoms with Gasteiger partial charge in [-0.25, -0.2) is 0 Å². The van der Waals surface area contributed by atoms with E-state index in [0.717, 1.165) is 12.8 Å². The van der Waals surface area contributed by atoms with Gasteiger partial charge in [0.25, 0.3) is 0 Å². The number of carboxylic acid groups (broad SMARTS) is 2. The molecule has 0 bridgehead atoms. The van der Waals surface area contributed by atoms with Crippen molar-refractivity contribution in [2.24, 2.45) is 0 Å². The number of carbonyl (C=O) groups is 4. The molecular weight excluding hydrogens is 392 g/mol. The number of hydrogen-bond acceptors (Lipinski definition) is 6. The predicted octanol–water partition coefficient (Wildman–Crippen LogP) is 2.43. The molecule has 0 amide bonds. The fourth-order valence-electron chi connectivity index (χ4n) is 1.07. The van der Waals surface area contributed by atoms with Crippen LogP contribution in [-0.2, 0) is 40.9 Å². The number of aliphatic hydroxyl groups excluding tert-OH is 2. The second-order valence-corrected chi connectivity index (χ2v) is 5.91. The first-order valence-corrected chi connectivity index (χ1v) is 8.63. The molecule has 0 fully saturated rings. The first kappa shape index (κ1) is 36.8. The minimum atomic E-state index is -1.03. The SMILES string of the molecule is CC(C)O.CC(C)O.CCCC(=O)CC(=O)O.CCCC(=O)CC(=O)O.[Ti]. The minimum Gasteiger partial charge on any atom is -0.481 e. The third-order valence-corrected chi connectivity index (χ3v) is 1.75. The maximum absolute atomic E-state index is 10.5. The molecule has 160 valence electrons. The van der Waals surface area contributed by atoms with Crippen LogP contribution in [0.1, 0.15) is 80.1 Å². The van der Waals surface area contributed by atoms with Crippen LogP contribution in [0.25, 0.3) is 0 Å². The van der Waals surface area contributed by atoms with Gasteiger partial charge in [-0.15, -0.1) is 0 Å². The molecule has 0 aliphatic heterocycles. The number of aliphatic carboxylic acids is 2. The van der Waals surface area contributed by atoms with Gasteiger partial charge in [0, 0.05) is 46.8 Å². The van der Waals surface area contributed by atoms with E-state index in [1.807, 2.05) is 13.8 Å². The second-order valence-electron chi connectivity index (χ2n) is 5.91. The number of rotatable bonds is 8. The molecule has 27 heavy (non-hydrogen) atoms. The molecule has 0 unspecified atom stereocenters. The molecule has 0 radical (unpaired) electrons. The van der Waals surface area contributed by atoms with Crippen molar-refractivity contribution in [3.63, 3.8) is 0 Å². The molecule has 8 nitrogen and oxygen atoms in total. The molecule has 0 spiro atoms. The van der Waals surface area contributed by atoms with E-state index in [4.69, 9.17) is 20.4 Å². The fourth-order valence-corrected chi connectivity index (χ4v) is 1.07. The van der Waals surface area contributed by atoms with E-state index >= 15 is 0 Å². The first-order chi connectivity index (χ1) is 11.8. The van der Waals surface area contributed by atoms with E-state index in [-0.39, 0.29) is 58.3 Å². The van der Waals surface area contributed by atoms with Gasteiger partial charge >= 0.3 is 11.9 Å². The summed E-state index contributed by atoms with van der Waals surface area (Å²) in [5.74, 6) is -2.45. The molecule has 0 saturated heterocycles. The van der Waals surface area contributed by atoms with Crippen molar-refractivity contribution in [1.82, 2.24) is 0 Å². The van der Waals surface area contributed by atoms with Crippen LogP contribution in [0.5, 0.6) is 0 Å². The molecule has 9 heteroatoms. The smallest absolute Gasteiger partial charge is 0.310 e.